The highest BCUT2D eigenvalue weighted by Gasteiger charge is 2.37. The number of ether oxygens (including phenoxy) is 1. The van der Waals surface area contributed by atoms with E-state index in [9.17, 15) is 18.0 Å². The minimum atomic E-state index is -4.83. The molecule has 40 heavy (non-hydrogen) atoms. The van der Waals surface area contributed by atoms with E-state index < -0.39 is 29.2 Å². The lowest BCUT2D eigenvalue weighted by atomic mass is 9.88. The van der Waals surface area contributed by atoms with Gasteiger partial charge in [0, 0.05) is 24.2 Å². The molecule has 3 heterocycles. The van der Waals surface area contributed by atoms with Gasteiger partial charge >= 0.3 is 6.18 Å². The average molecular weight is 561 g/mol. The largest absolute Gasteiger partial charge is 0.478 e. The highest BCUT2D eigenvalue weighted by atomic mass is 19.4. The van der Waals surface area contributed by atoms with Gasteiger partial charge in [0.05, 0.1) is 11.4 Å². The van der Waals surface area contributed by atoms with Gasteiger partial charge in [-0.25, -0.2) is 18.7 Å². The fourth-order valence-corrected chi connectivity index (χ4v) is 5.39. The maximum absolute atomic E-state index is 15.1. The van der Waals surface area contributed by atoms with Crippen LogP contribution in [-0.2, 0) is 17.4 Å². The smallest absolute Gasteiger partial charge is 0.419 e. The number of carbonyl (C=O) groups is 1. The number of halogens is 5. The van der Waals surface area contributed by atoms with Gasteiger partial charge in [-0.3, -0.25) is 4.79 Å². The van der Waals surface area contributed by atoms with Crippen LogP contribution < -0.4 is 9.64 Å². The first kappa shape index (κ1) is 27.9. The number of aromatic nitrogens is 2. The van der Waals surface area contributed by atoms with Gasteiger partial charge in [-0.1, -0.05) is 12.1 Å². The van der Waals surface area contributed by atoms with Crippen LogP contribution in [-0.4, -0.2) is 53.6 Å². The molecule has 6 nitrogen and oxygen atoms in total. The first-order valence-electron chi connectivity index (χ1n) is 13.1. The van der Waals surface area contributed by atoms with E-state index in [1.165, 1.54) is 17.0 Å². The Morgan fingerprint density at radius 3 is 2.45 bits per heavy atom. The van der Waals surface area contributed by atoms with Crippen LogP contribution in [0.15, 0.2) is 36.5 Å². The summed E-state index contributed by atoms with van der Waals surface area (Å²) in [4.78, 5) is 24.0. The van der Waals surface area contributed by atoms with E-state index >= 15 is 8.78 Å². The molecule has 3 aromatic rings. The molecule has 0 saturated carbocycles. The predicted molar refractivity (Wildman–Crippen MR) is 139 cm³/mol. The van der Waals surface area contributed by atoms with E-state index in [0.717, 1.165) is 32.0 Å². The normalized spacial score (nSPS) is 16.8. The Morgan fingerprint density at radius 2 is 1.80 bits per heavy atom. The van der Waals surface area contributed by atoms with Crippen LogP contribution in [0.25, 0.3) is 11.3 Å². The van der Waals surface area contributed by atoms with Crippen molar-refractivity contribution < 1.29 is 31.5 Å². The molecule has 1 fully saturated rings. The zero-order valence-corrected chi connectivity index (χ0v) is 22.4. The Hall–Kier alpha value is -3.60. The number of benzene rings is 2. The molecule has 5 rings (SSSR count). The molecule has 0 atom stereocenters. The third-order valence-electron chi connectivity index (χ3n) is 7.41. The highest BCUT2D eigenvalue weighted by molar-refractivity contribution is 5.99. The third-order valence-corrected chi connectivity index (χ3v) is 7.41. The van der Waals surface area contributed by atoms with Crippen molar-refractivity contribution in [3.8, 4) is 17.0 Å². The number of likely N-dealkylation sites (tertiary alicyclic amines) is 1. The topological polar surface area (TPSA) is 58.6 Å². The molecule has 0 bridgehead atoms. The van der Waals surface area contributed by atoms with Crippen molar-refractivity contribution in [2.75, 3.05) is 31.6 Å². The molecule has 2 aromatic carbocycles. The second-order valence-electron chi connectivity index (χ2n) is 10.6. The maximum Gasteiger partial charge on any atom is 0.419 e. The van der Waals surface area contributed by atoms with Gasteiger partial charge in [0.25, 0.3) is 5.91 Å². The summed E-state index contributed by atoms with van der Waals surface area (Å²) in [5.41, 5.74) is -0.715. The summed E-state index contributed by atoms with van der Waals surface area (Å²) in [7, 11) is 2.03. The summed E-state index contributed by atoms with van der Waals surface area (Å²) in [6, 6.07) is 6.62. The lowest BCUT2D eigenvalue weighted by Gasteiger charge is -2.33. The van der Waals surface area contributed by atoms with Crippen molar-refractivity contribution in [3.63, 3.8) is 0 Å². The number of anilines is 1. The monoisotopic (exact) mass is 560 g/mol. The minimum absolute atomic E-state index is 0.0145. The van der Waals surface area contributed by atoms with Gasteiger partial charge in [0.1, 0.15) is 17.2 Å². The summed E-state index contributed by atoms with van der Waals surface area (Å²) < 4.78 is 77.3. The highest BCUT2D eigenvalue weighted by Crippen LogP contribution is 2.42. The standard InChI is InChI=1S/C29H29F5N4O2/c1-16(2)38-24-13-19(12-23(31)28(24)40-15-26(38)39)27-21(29(32,33)34)14-35-25(36-27)11-17-4-5-20(22(30)10-17)18-6-8-37(3)9-7-18/h4-5,10,12-14,16,18H,6-9,11,15H2,1-3H3. The Labute approximate surface area is 228 Å². The zero-order chi connectivity index (χ0) is 28.8. The Morgan fingerprint density at radius 1 is 1.07 bits per heavy atom. The summed E-state index contributed by atoms with van der Waals surface area (Å²) in [5.74, 6) is -1.80. The van der Waals surface area contributed by atoms with E-state index in [1.54, 1.807) is 26.0 Å². The summed E-state index contributed by atoms with van der Waals surface area (Å²) in [6.45, 7) is 4.80. The quantitative estimate of drug-likeness (QED) is 0.360. The molecule has 11 heteroatoms. The van der Waals surface area contributed by atoms with Crippen LogP contribution in [0.5, 0.6) is 5.75 Å². The van der Waals surface area contributed by atoms with E-state index in [4.69, 9.17) is 4.74 Å². The van der Waals surface area contributed by atoms with Crippen LogP contribution in [0.1, 0.15) is 55.1 Å². The lowest BCUT2D eigenvalue weighted by Crippen LogP contribution is -2.43. The van der Waals surface area contributed by atoms with Crippen LogP contribution in [0.4, 0.5) is 27.6 Å². The molecule has 1 aromatic heterocycles. The number of hydrogen-bond acceptors (Lipinski definition) is 5. The molecule has 2 aliphatic heterocycles. The number of alkyl halides is 3. The van der Waals surface area contributed by atoms with E-state index in [0.29, 0.717) is 17.3 Å². The summed E-state index contributed by atoms with van der Waals surface area (Å²) in [5, 5.41) is 0. The fourth-order valence-electron chi connectivity index (χ4n) is 5.39. The lowest BCUT2D eigenvalue weighted by molar-refractivity contribution is -0.137. The van der Waals surface area contributed by atoms with E-state index in [2.05, 4.69) is 14.9 Å². The van der Waals surface area contributed by atoms with Crippen LogP contribution in [0.2, 0.25) is 0 Å². The molecule has 0 aliphatic carbocycles. The first-order chi connectivity index (χ1) is 18.9. The van der Waals surface area contributed by atoms with Gasteiger partial charge in [-0.05, 0) is 82.1 Å². The van der Waals surface area contributed by atoms with Crippen molar-refractivity contribution in [3.05, 3.63) is 70.7 Å². The molecule has 2 aliphatic rings. The Kier molecular flexibility index (Phi) is 7.52. The van der Waals surface area contributed by atoms with Crippen LogP contribution in [0.3, 0.4) is 0 Å². The number of fused-ring (bicyclic) bond motifs is 1. The molecule has 0 N–H and O–H groups in total. The van der Waals surface area contributed by atoms with Crippen molar-refractivity contribution in [1.82, 2.24) is 14.9 Å². The second-order valence-corrected chi connectivity index (χ2v) is 10.6. The number of nitrogens with zero attached hydrogens (tertiary/aromatic N) is 4. The maximum atomic E-state index is 15.1. The van der Waals surface area contributed by atoms with Crippen molar-refractivity contribution in [2.45, 2.75) is 51.2 Å². The predicted octanol–water partition coefficient (Wildman–Crippen LogP) is 5.97. The molecule has 1 saturated heterocycles. The third kappa shape index (κ3) is 5.52. The summed E-state index contributed by atoms with van der Waals surface area (Å²) >= 11 is 0. The number of piperidine rings is 1. The van der Waals surface area contributed by atoms with Crippen LogP contribution in [0, 0.1) is 11.6 Å². The van der Waals surface area contributed by atoms with Gasteiger partial charge < -0.3 is 14.5 Å². The minimum Gasteiger partial charge on any atom is -0.478 e. The van der Waals surface area contributed by atoms with E-state index in [1.807, 2.05) is 7.05 Å². The number of hydrogen-bond donors (Lipinski definition) is 0. The van der Waals surface area contributed by atoms with Crippen molar-refractivity contribution >= 4 is 11.6 Å². The molecule has 0 radical (unpaired) electrons. The summed E-state index contributed by atoms with van der Waals surface area (Å²) in [6.07, 6.45) is -2.50. The van der Waals surface area contributed by atoms with Gasteiger partial charge in [0.15, 0.2) is 18.2 Å². The first-order valence-corrected chi connectivity index (χ1v) is 13.1. The molecule has 0 spiro atoms. The Bertz CT molecular complexity index is 1430. The SMILES string of the molecule is CC(C)N1C(=O)COc2c(F)cc(-c3nc(Cc4ccc(C5CCN(C)CC5)c(F)c4)ncc3C(F)(F)F)cc21. The van der Waals surface area contributed by atoms with Crippen molar-refractivity contribution in [1.29, 1.82) is 0 Å². The molecular weight excluding hydrogens is 531 g/mol. The van der Waals surface area contributed by atoms with E-state index in [-0.39, 0.29) is 53.6 Å². The number of carbonyl (C=O) groups excluding carboxylic acids is 1. The Balaban J connectivity index is 1.51. The zero-order valence-electron chi connectivity index (χ0n) is 22.4. The number of rotatable bonds is 5. The van der Waals surface area contributed by atoms with Gasteiger partial charge in [-0.2, -0.15) is 13.2 Å². The number of amides is 1. The molecule has 212 valence electrons. The van der Waals surface area contributed by atoms with Crippen molar-refractivity contribution in [2.24, 2.45) is 0 Å². The van der Waals surface area contributed by atoms with Gasteiger partial charge in [0.2, 0.25) is 0 Å². The average Bonchev–Trinajstić information content (AvgIpc) is 2.88. The molecule has 0 unspecified atom stereocenters. The van der Waals surface area contributed by atoms with Crippen LogP contribution >= 0.6 is 0 Å². The molecular formula is C29H29F5N4O2. The second kappa shape index (κ2) is 10.8. The van der Waals surface area contributed by atoms with Gasteiger partial charge in [-0.15, -0.1) is 0 Å². The molecule has 1 amide bonds. The fraction of sp³-hybridized carbons (Fsp3) is 0.414.